The summed E-state index contributed by atoms with van der Waals surface area (Å²) in [6, 6.07) is 8.45. The number of urea groups is 1. The van der Waals surface area contributed by atoms with Gasteiger partial charge in [0.2, 0.25) is 0 Å². The van der Waals surface area contributed by atoms with Crippen molar-refractivity contribution in [3.05, 3.63) is 62.1 Å². The Balaban J connectivity index is 2.17. The Hall–Kier alpha value is -2.31. The maximum atomic E-state index is 11.9. The van der Waals surface area contributed by atoms with Gasteiger partial charge in [0.1, 0.15) is 5.69 Å². The molecule has 22 heavy (non-hydrogen) atoms. The Morgan fingerprint density at radius 2 is 1.73 bits per heavy atom. The number of carbonyl (C=O) groups excluding carboxylic acids is 1. The smallest absolute Gasteiger partial charge is 0.306 e. The summed E-state index contributed by atoms with van der Waals surface area (Å²) in [7, 11) is 0. The van der Waals surface area contributed by atoms with Gasteiger partial charge in [0.25, 0.3) is 5.69 Å². The van der Waals surface area contributed by atoms with Crippen LogP contribution in [0.1, 0.15) is 5.56 Å². The molecule has 0 bridgehead atoms. The maximum absolute atomic E-state index is 11.9. The minimum atomic E-state index is -0.642. The van der Waals surface area contributed by atoms with Crippen LogP contribution >= 0.6 is 23.2 Å². The van der Waals surface area contributed by atoms with Gasteiger partial charge in [0.05, 0.1) is 15.6 Å². The maximum Gasteiger partial charge on any atom is 0.323 e. The van der Waals surface area contributed by atoms with Crippen LogP contribution in [0.4, 0.5) is 21.9 Å². The normalized spacial score (nSPS) is 10.1. The van der Waals surface area contributed by atoms with Crippen LogP contribution in [0.5, 0.6) is 0 Å². The molecule has 0 radical (unpaired) electrons. The summed E-state index contributed by atoms with van der Waals surface area (Å²) in [5.41, 5.74) is 0.979. The lowest BCUT2D eigenvalue weighted by molar-refractivity contribution is -0.384. The molecular formula is C14H11Cl2N3O3. The number of benzene rings is 2. The third-order valence-electron chi connectivity index (χ3n) is 2.78. The number of hydrogen-bond donors (Lipinski definition) is 2. The standard InChI is InChI=1S/C14H11Cl2N3O3/c1-8-2-4-12(13(6-8)19(21)22)18-14(20)17-11-5-3-9(15)7-10(11)16/h2-7H,1H3,(H2,17,18,20). The first kappa shape index (κ1) is 16.1. The lowest BCUT2D eigenvalue weighted by Crippen LogP contribution is -2.20. The van der Waals surface area contributed by atoms with E-state index in [1.165, 1.54) is 24.3 Å². The zero-order valence-electron chi connectivity index (χ0n) is 11.4. The van der Waals surface area contributed by atoms with Crippen LogP contribution in [-0.2, 0) is 0 Å². The summed E-state index contributed by atoms with van der Waals surface area (Å²) in [5.74, 6) is 0. The van der Waals surface area contributed by atoms with Crippen LogP contribution in [0.2, 0.25) is 10.0 Å². The summed E-state index contributed by atoms with van der Waals surface area (Å²) in [6.07, 6.45) is 0. The molecule has 0 unspecified atom stereocenters. The molecular weight excluding hydrogens is 329 g/mol. The van der Waals surface area contributed by atoms with Crippen molar-refractivity contribution in [2.24, 2.45) is 0 Å². The molecule has 0 fully saturated rings. The summed E-state index contributed by atoms with van der Waals surface area (Å²) in [5, 5.41) is 16.6. The van der Waals surface area contributed by atoms with Crippen LogP contribution in [0.3, 0.4) is 0 Å². The monoisotopic (exact) mass is 339 g/mol. The molecule has 0 aliphatic rings. The number of rotatable bonds is 3. The molecule has 0 aliphatic carbocycles. The quantitative estimate of drug-likeness (QED) is 0.618. The molecule has 2 rings (SSSR count). The number of nitrogens with zero attached hydrogens (tertiary/aromatic N) is 1. The molecule has 8 heteroatoms. The van der Waals surface area contributed by atoms with Crippen molar-refractivity contribution in [2.45, 2.75) is 6.92 Å². The number of nitrogens with one attached hydrogen (secondary N) is 2. The van der Waals surface area contributed by atoms with E-state index in [1.54, 1.807) is 19.1 Å². The minimum absolute atomic E-state index is 0.0955. The highest BCUT2D eigenvalue weighted by Gasteiger charge is 2.16. The largest absolute Gasteiger partial charge is 0.323 e. The fraction of sp³-hybridized carbons (Fsp3) is 0.0714. The molecule has 2 aromatic rings. The first-order chi connectivity index (χ1) is 10.4. The molecule has 0 aromatic heterocycles. The average molecular weight is 340 g/mol. The molecule has 0 heterocycles. The highest BCUT2D eigenvalue weighted by molar-refractivity contribution is 6.36. The van der Waals surface area contributed by atoms with Gasteiger partial charge in [0.15, 0.2) is 0 Å². The average Bonchev–Trinajstić information content (AvgIpc) is 2.43. The second-order valence-corrected chi connectivity index (χ2v) is 5.32. The highest BCUT2D eigenvalue weighted by atomic mass is 35.5. The van der Waals surface area contributed by atoms with Crippen molar-refractivity contribution in [3.8, 4) is 0 Å². The van der Waals surface area contributed by atoms with Gasteiger partial charge in [-0.2, -0.15) is 0 Å². The number of hydrogen-bond acceptors (Lipinski definition) is 3. The predicted molar refractivity (Wildman–Crippen MR) is 86.9 cm³/mol. The molecule has 0 spiro atoms. The Labute approximate surface area is 136 Å². The summed E-state index contributed by atoms with van der Waals surface area (Å²) < 4.78 is 0. The van der Waals surface area contributed by atoms with Crippen molar-refractivity contribution in [3.63, 3.8) is 0 Å². The molecule has 0 saturated heterocycles. The van der Waals surface area contributed by atoms with Crippen molar-refractivity contribution < 1.29 is 9.72 Å². The van der Waals surface area contributed by atoms with Crippen molar-refractivity contribution in [2.75, 3.05) is 10.6 Å². The molecule has 6 nitrogen and oxygen atoms in total. The van der Waals surface area contributed by atoms with Crippen LogP contribution < -0.4 is 10.6 Å². The number of nitro groups is 1. The van der Waals surface area contributed by atoms with Gasteiger partial charge in [0, 0.05) is 11.1 Å². The third kappa shape index (κ3) is 3.87. The van der Waals surface area contributed by atoms with Gasteiger partial charge < -0.3 is 10.6 Å². The van der Waals surface area contributed by atoms with E-state index < -0.39 is 11.0 Å². The van der Waals surface area contributed by atoms with Gasteiger partial charge in [-0.25, -0.2) is 4.79 Å². The van der Waals surface area contributed by atoms with E-state index in [9.17, 15) is 14.9 Å². The van der Waals surface area contributed by atoms with E-state index in [0.717, 1.165) is 5.56 Å². The van der Waals surface area contributed by atoms with E-state index in [4.69, 9.17) is 23.2 Å². The summed E-state index contributed by atoms with van der Waals surface area (Å²) in [4.78, 5) is 22.4. The molecule has 0 aliphatic heterocycles. The van der Waals surface area contributed by atoms with Crippen molar-refractivity contribution in [1.82, 2.24) is 0 Å². The first-order valence-electron chi connectivity index (χ1n) is 6.15. The fourth-order valence-corrected chi connectivity index (χ4v) is 2.22. The number of nitro benzene ring substituents is 1. The molecule has 2 N–H and O–H groups in total. The number of carbonyl (C=O) groups is 1. The fourth-order valence-electron chi connectivity index (χ4n) is 1.77. The first-order valence-corrected chi connectivity index (χ1v) is 6.90. The Bertz CT molecular complexity index is 750. The Morgan fingerprint density at radius 1 is 1.09 bits per heavy atom. The van der Waals surface area contributed by atoms with Crippen LogP contribution in [0, 0.1) is 17.0 Å². The lowest BCUT2D eigenvalue weighted by atomic mass is 10.2. The third-order valence-corrected chi connectivity index (χ3v) is 3.33. The molecule has 2 amide bonds. The number of aryl methyl sites for hydroxylation is 1. The predicted octanol–water partition coefficient (Wildman–Crippen LogP) is 4.85. The van der Waals surface area contributed by atoms with Gasteiger partial charge >= 0.3 is 6.03 Å². The van der Waals surface area contributed by atoms with E-state index in [0.29, 0.717) is 10.7 Å². The van der Waals surface area contributed by atoms with Crippen molar-refractivity contribution in [1.29, 1.82) is 0 Å². The topological polar surface area (TPSA) is 84.3 Å². The Kier molecular flexibility index (Phi) is 4.85. The molecule has 114 valence electrons. The van der Waals surface area contributed by atoms with E-state index in [1.807, 2.05) is 0 Å². The zero-order chi connectivity index (χ0) is 16.3. The second-order valence-electron chi connectivity index (χ2n) is 4.48. The highest BCUT2D eigenvalue weighted by Crippen LogP contribution is 2.27. The van der Waals surface area contributed by atoms with Crippen LogP contribution in [-0.4, -0.2) is 11.0 Å². The SMILES string of the molecule is Cc1ccc(NC(=O)Nc2ccc(Cl)cc2Cl)c([N+](=O)[O-])c1. The van der Waals surface area contributed by atoms with Gasteiger partial charge in [-0.1, -0.05) is 29.3 Å². The summed E-state index contributed by atoms with van der Waals surface area (Å²) in [6.45, 7) is 1.73. The molecule has 0 saturated carbocycles. The van der Waals surface area contributed by atoms with E-state index in [2.05, 4.69) is 10.6 Å². The zero-order valence-corrected chi connectivity index (χ0v) is 12.9. The molecule has 2 aromatic carbocycles. The second kappa shape index (κ2) is 6.64. The number of anilines is 2. The van der Waals surface area contributed by atoms with E-state index in [-0.39, 0.29) is 16.4 Å². The van der Waals surface area contributed by atoms with Crippen LogP contribution in [0.25, 0.3) is 0 Å². The van der Waals surface area contributed by atoms with Gasteiger partial charge in [-0.05, 0) is 36.8 Å². The summed E-state index contributed by atoms with van der Waals surface area (Å²) >= 11 is 11.7. The minimum Gasteiger partial charge on any atom is -0.306 e. The Morgan fingerprint density at radius 3 is 2.36 bits per heavy atom. The van der Waals surface area contributed by atoms with Crippen LogP contribution in [0.15, 0.2) is 36.4 Å². The number of halogens is 2. The number of amides is 2. The van der Waals surface area contributed by atoms with Gasteiger partial charge in [-0.15, -0.1) is 0 Å². The lowest BCUT2D eigenvalue weighted by Gasteiger charge is -2.10. The van der Waals surface area contributed by atoms with Crippen molar-refractivity contribution >= 4 is 46.3 Å². The van der Waals surface area contributed by atoms with Gasteiger partial charge in [-0.3, -0.25) is 10.1 Å². The van der Waals surface area contributed by atoms with E-state index >= 15 is 0 Å². The molecule has 0 atom stereocenters.